The number of hydrogen-bond acceptors (Lipinski definition) is 4. The van der Waals surface area contributed by atoms with E-state index < -0.39 is 10.8 Å². The minimum Gasteiger partial charge on any atom is -0.251 e. The van der Waals surface area contributed by atoms with Gasteiger partial charge in [-0.15, -0.1) is 0 Å². The average molecular weight is 273 g/mol. The summed E-state index contributed by atoms with van der Waals surface area (Å²) in [5.41, 5.74) is 2.21. The van der Waals surface area contributed by atoms with E-state index in [0.29, 0.717) is 10.1 Å². The molecule has 0 saturated carbocycles. The van der Waals surface area contributed by atoms with Gasteiger partial charge in [0.2, 0.25) is 9.62 Å². The second-order valence-corrected chi connectivity index (χ2v) is 6.02. The molecule has 0 fully saturated rings. The topological polar surface area (TPSA) is 42.9 Å². The Hall–Kier alpha value is -0.780. The van der Waals surface area contributed by atoms with Gasteiger partial charge in [-0.25, -0.2) is 0 Å². The summed E-state index contributed by atoms with van der Waals surface area (Å²) >= 11 is 6.67. The van der Waals surface area contributed by atoms with E-state index in [4.69, 9.17) is 11.6 Å². The summed E-state index contributed by atoms with van der Waals surface area (Å²) in [6, 6.07) is 7.94. The maximum Gasteiger partial charge on any atom is 0.235 e. The molecular formula is C10H9ClN2OS2. The SMILES string of the molecule is Cc1ccc(CS(=O)c2nc(Cl)ns2)cc1. The van der Waals surface area contributed by atoms with Crippen molar-refractivity contribution in [1.29, 1.82) is 0 Å². The van der Waals surface area contributed by atoms with Crippen LogP contribution in [-0.2, 0) is 16.6 Å². The van der Waals surface area contributed by atoms with Crippen LogP contribution in [0.1, 0.15) is 11.1 Å². The molecule has 0 N–H and O–H groups in total. The van der Waals surface area contributed by atoms with E-state index >= 15 is 0 Å². The maximum absolute atomic E-state index is 11.9. The van der Waals surface area contributed by atoms with Crippen LogP contribution in [-0.4, -0.2) is 13.6 Å². The molecule has 0 radical (unpaired) electrons. The Kier molecular flexibility index (Phi) is 3.68. The van der Waals surface area contributed by atoms with Crippen LogP contribution in [0.3, 0.4) is 0 Å². The minimum absolute atomic E-state index is 0.164. The number of halogens is 1. The first-order chi connectivity index (χ1) is 7.65. The number of benzene rings is 1. The fourth-order valence-corrected chi connectivity index (χ4v) is 3.22. The predicted molar refractivity (Wildman–Crippen MR) is 66.2 cm³/mol. The molecule has 3 nitrogen and oxygen atoms in total. The lowest BCUT2D eigenvalue weighted by Gasteiger charge is -1.99. The van der Waals surface area contributed by atoms with Gasteiger partial charge in [-0.05, 0) is 35.6 Å². The van der Waals surface area contributed by atoms with Gasteiger partial charge in [0, 0.05) is 0 Å². The molecule has 0 aliphatic rings. The molecule has 0 aliphatic heterocycles. The van der Waals surface area contributed by atoms with Crippen LogP contribution in [0.4, 0.5) is 0 Å². The zero-order chi connectivity index (χ0) is 11.5. The molecule has 2 aromatic rings. The summed E-state index contributed by atoms with van der Waals surface area (Å²) in [5.74, 6) is 0.450. The van der Waals surface area contributed by atoms with E-state index in [1.807, 2.05) is 31.2 Å². The van der Waals surface area contributed by atoms with Crippen molar-refractivity contribution in [3.63, 3.8) is 0 Å². The molecule has 0 saturated heterocycles. The van der Waals surface area contributed by atoms with E-state index in [2.05, 4.69) is 9.36 Å². The van der Waals surface area contributed by atoms with Gasteiger partial charge in [0.05, 0.1) is 16.6 Å². The van der Waals surface area contributed by atoms with Gasteiger partial charge in [-0.1, -0.05) is 29.8 Å². The second kappa shape index (κ2) is 5.03. The van der Waals surface area contributed by atoms with Crippen molar-refractivity contribution in [3.05, 3.63) is 40.7 Å². The lowest BCUT2D eigenvalue weighted by atomic mass is 10.2. The zero-order valence-corrected chi connectivity index (χ0v) is 10.9. The molecule has 1 aromatic carbocycles. The third-order valence-electron chi connectivity index (χ3n) is 2.00. The first-order valence-electron chi connectivity index (χ1n) is 4.58. The zero-order valence-electron chi connectivity index (χ0n) is 8.51. The first kappa shape index (κ1) is 11.7. The minimum atomic E-state index is -1.16. The molecule has 84 valence electrons. The summed E-state index contributed by atoms with van der Waals surface area (Å²) in [6.45, 7) is 2.02. The number of nitrogens with zero attached hydrogens (tertiary/aromatic N) is 2. The van der Waals surface area contributed by atoms with Gasteiger partial charge in [-0.3, -0.25) is 4.21 Å². The lowest BCUT2D eigenvalue weighted by Crippen LogP contribution is -1.95. The van der Waals surface area contributed by atoms with Crippen LogP contribution in [0, 0.1) is 6.92 Å². The number of hydrogen-bond donors (Lipinski definition) is 0. The van der Waals surface area contributed by atoms with Crippen LogP contribution >= 0.6 is 23.1 Å². The number of aryl methyl sites for hydroxylation is 1. The average Bonchev–Trinajstić information content (AvgIpc) is 2.68. The summed E-state index contributed by atoms with van der Waals surface area (Å²) in [4.78, 5) is 3.90. The van der Waals surface area contributed by atoms with Crippen molar-refractivity contribution >= 4 is 33.9 Å². The monoisotopic (exact) mass is 272 g/mol. The van der Waals surface area contributed by atoms with Crippen molar-refractivity contribution in [2.24, 2.45) is 0 Å². The highest BCUT2D eigenvalue weighted by molar-refractivity contribution is 7.86. The van der Waals surface area contributed by atoms with Crippen LogP contribution in [0.15, 0.2) is 28.6 Å². The van der Waals surface area contributed by atoms with Crippen molar-refractivity contribution in [2.45, 2.75) is 17.0 Å². The molecule has 2 rings (SSSR count). The Morgan fingerprint density at radius 1 is 1.38 bits per heavy atom. The summed E-state index contributed by atoms with van der Waals surface area (Å²) in [5, 5.41) is 0.164. The predicted octanol–water partition coefficient (Wildman–Crippen LogP) is 2.81. The van der Waals surface area contributed by atoms with E-state index in [9.17, 15) is 4.21 Å². The van der Waals surface area contributed by atoms with E-state index in [1.165, 1.54) is 5.56 Å². The van der Waals surface area contributed by atoms with Crippen LogP contribution < -0.4 is 0 Å². The standard InChI is InChI=1S/C10H9ClN2OS2/c1-7-2-4-8(5-3-7)6-16(14)10-12-9(11)13-15-10/h2-5H,6H2,1H3. The molecular weight excluding hydrogens is 264 g/mol. The number of aromatic nitrogens is 2. The Morgan fingerprint density at radius 3 is 2.62 bits per heavy atom. The second-order valence-electron chi connectivity index (χ2n) is 3.30. The Bertz CT molecular complexity index is 510. The van der Waals surface area contributed by atoms with Gasteiger partial charge >= 0.3 is 0 Å². The van der Waals surface area contributed by atoms with Crippen LogP contribution in [0.25, 0.3) is 0 Å². The van der Waals surface area contributed by atoms with Crippen LogP contribution in [0.2, 0.25) is 5.28 Å². The Morgan fingerprint density at radius 2 is 2.06 bits per heavy atom. The highest BCUT2D eigenvalue weighted by Gasteiger charge is 2.10. The smallest absolute Gasteiger partial charge is 0.235 e. The molecule has 1 aromatic heterocycles. The molecule has 1 atom stereocenters. The molecule has 1 unspecified atom stereocenters. The van der Waals surface area contributed by atoms with Gasteiger partial charge in [0.25, 0.3) is 0 Å². The van der Waals surface area contributed by atoms with E-state index in [-0.39, 0.29) is 5.28 Å². The lowest BCUT2D eigenvalue weighted by molar-refractivity contribution is 0.682. The largest absolute Gasteiger partial charge is 0.251 e. The summed E-state index contributed by atoms with van der Waals surface area (Å²) in [6.07, 6.45) is 0. The van der Waals surface area contributed by atoms with Crippen molar-refractivity contribution in [1.82, 2.24) is 9.36 Å². The fraction of sp³-hybridized carbons (Fsp3) is 0.200. The summed E-state index contributed by atoms with van der Waals surface area (Å²) < 4.78 is 16.1. The van der Waals surface area contributed by atoms with E-state index in [1.54, 1.807) is 0 Å². The van der Waals surface area contributed by atoms with Gasteiger partial charge in [0.15, 0.2) is 0 Å². The quantitative estimate of drug-likeness (QED) is 0.863. The van der Waals surface area contributed by atoms with Crippen molar-refractivity contribution in [3.8, 4) is 0 Å². The molecule has 1 heterocycles. The molecule has 0 amide bonds. The van der Waals surface area contributed by atoms with Gasteiger partial charge in [-0.2, -0.15) is 9.36 Å². The maximum atomic E-state index is 11.9. The highest BCUT2D eigenvalue weighted by Crippen LogP contribution is 2.16. The van der Waals surface area contributed by atoms with Crippen LogP contribution in [0.5, 0.6) is 0 Å². The molecule has 0 aliphatic carbocycles. The third-order valence-corrected chi connectivity index (χ3v) is 4.63. The van der Waals surface area contributed by atoms with Gasteiger partial charge in [0.1, 0.15) is 0 Å². The van der Waals surface area contributed by atoms with Gasteiger partial charge < -0.3 is 0 Å². The molecule has 0 bridgehead atoms. The molecule has 0 spiro atoms. The molecule has 16 heavy (non-hydrogen) atoms. The summed E-state index contributed by atoms with van der Waals surface area (Å²) in [7, 11) is -1.16. The van der Waals surface area contributed by atoms with Crippen molar-refractivity contribution < 1.29 is 4.21 Å². The molecule has 6 heteroatoms. The van der Waals surface area contributed by atoms with E-state index in [0.717, 1.165) is 17.1 Å². The Labute approximate surface area is 105 Å². The normalized spacial score (nSPS) is 12.6. The highest BCUT2D eigenvalue weighted by atomic mass is 35.5. The Balaban J connectivity index is 2.10. The third kappa shape index (κ3) is 2.87. The number of rotatable bonds is 3. The first-order valence-corrected chi connectivity index (χ1v) is 7.05. The fourth-order valence-electron chi connectivity index (χ4n) is 1.18. The van der Waals surface area contributed by atoms with Crippen molar-refractivity contribution in [2.75, 3.05) is 0 Å².